The van der Waals surface area contributed by atoms with Crippen LogP contribution in [0, 0.1) is 0 Å². The number of hydrogen-bond donors (Lipinski definition) is 2. The summed E-state index contributed by atoms with van der Waals surface area (Å²) in [4.78, 5) is 17.5. The molecule has 0 bridgehead atoms. The van der Waals surface area contributed by atoms with E-state index in [2.05, 4.69) is 20.9 Å². The molecule has 0 radical (unpaired) electrons. The molecule has 3 aromatic rings. The maximum Gasteiger partial charge on any atom is 0.410 e. The van der Waals surface area contributed by atoms with Crippen molar-refractivity contribution in [2.24, 2.45) is 0 Å². The molecule has 1 aromatic heterocycles. The van der Waals surface area contributed by atoms with Gasteiger partial charge in [-0.25, -0.2) is 4.79 Å². The van der Waals surface area contributed by atoms with E-state index in [1.165, 1.54) is 0 Å². The molecule has 1 aliphatic rings. The number of amides is 1. The van der Waals surface area contributed by atoms with Crippen LogP contribution < -0.4 is 0 Å². The number of aliphatic hydroxyl groups excluding tert-OH is 1. The lowest BCUT2D eigenvalue weighted by atomic mass is 10.00. The van der Waals surface area contributed by atoms with Gasteiger partial charge in [0.05, 0.1) is 6.04 Å². The number of benzene rings is 2. The topological polar surface area (TPSA) is 65.6 Å². The van der Waals surface area contributed by atoms with Crippen molar-refractivity contribution in [1.29, 1.82) is 0 Å². The first kappa shape index (κ1) is 18.1. The van der Waals surface area contributed by atoms with Gasteiger partial charge in [0.25, 0.3) is 0 Å². The maximum atomic E-state index is 12.6. The summed E-state index contributed by atoms with van der Waals surface area (Å²) in [5.41, 5.74) is 2.71. The van der Waals surface area contributed by atoms with Crippen molar-refractivity contribution in [2.75, 3.05) is 6.54 Å². The normalized spacial score (nSPS) is 18.0. The summed E-state index contributed by atoms with van der Waals surface area (Å²) in [5, 5.41) is 12.0. The Kier molecular flexibility index (Phi) is 5.18. The predicted molar refractivity (Wildman–Crippen MR) is 107 cm³/mol. The van der Waals surface area contributed by atoms with Crippen LogP contribution in [0.3, 0.4) is 0 Å². The van der Waals surface area contributed by atoms with Crippen LogP contribution in [0.15, 0.2) is 59.2 Å². The third-order valence-corrected chi connectivity index (χ3v) is 5.59. The first-order valence-corrected chi connectivity index (χ1v) is 9.85. The van der Waals surface area contributed by atoms with E-state index in [1.54, 1.807) is 4.90 Å². The number of ether oxygens (including phenoxy) is 1. The van der Waals surface area contributed by atoms with Gasteiger partial charge in [-0.3, -0.25) is 0 Å². The highest BCUT2D eigenvalue weighted by molar-refractivity contribution is 9.10. The Morgan fingerprint density at radius 1 is 1.30 bits per heavy atom. The predicted octanol–water partition coefficient (Wildman–Crippen LogP) is 4.77. The molecule has 2 N–H and O–H groups in total. The summed E-state index contributed by atoms with van der Waals surface area (Å²) in [6.07, 6.45) is 2.30. The molecule has 0 spiro atoms. The summed E-state index contributed by atoms with van der Waals surface area (Å²) >= 11 is 3.48. The van der Waals surface area contributed by atoms with Crippen LogP contribution in [-0.2, 0) is 11.3 Å². The molecule has 1 fully saturated rings. The number of aliphatic hydroxyl groups is 1. The zero-order valence-corrected chi connectivity index (χ0v) is 16.4. The van der Waals surface area contributed by atoms with Crippen molar-refractivity contribution < 1.29 is 14.6 Å². The van der Waals surface area contributed by atoms with Crippen LogP contribution in [0.2, 0.25) is 0 Å². The van der Waals surface area contributed by atoms with Crippen molar-refractivity contribution in [3.63, 3.8) is 0 Å². The Morgan fingerprint density at radius 2 is 2.11 bits per heavy atom. The number of nitrogens with zero attached hydrogens (tertiary/aromatic N) is 1. The van der Waals surface area contributed by atoms with Crippen LogP contribution in [0.5, 0.6) is 0 Å². The van der Waals surface area contributed by atoms with Crippen molar-refractivity contribution in [3.05, 3.63) is 70.3 Å². The minimum Gasteiger partial charge on any atom is -0.445 e. The molecule has 1 amide bonds. The minimum atomic E-state index is -0.764. The van der Waals surface area contributed by atoms with Crippen molar-refractivity contribution >= 4 is 32.9 Å². The number of nitrogens with one attached hydrogen (secondary N) is 1. The smallest absolute Gasteiger partial charge is 0.410 e. The zero-order valence-electron chi connectivity index (χ0n) is 14.8. The van der Waals surface area contributed by atoms with Gasteiger partial charge in [0, 0.05) is 33.7 Å². The van der Waals surface area contributed by atoms with Gasteiger partial charge in [0.15, 0.2) is 0 Å². The molecule has 1 saturated heterocycles. The average Bonchev–Trinajstić information content (AvgIpc) is 3.33. The molecule has 4 rings (SSSR count). The molecule has 6 heteroatoms. The number of likely N-dealkylation sites (tertiary alicyclic amines) is 1. The summed E-state index contributed by atoms with van der Waals surface area (Å²) < 4.78 is 6.43. The fourth-order valence-electron chi connectivity index (χ4n) is 3.72. The molecule has 2 aromatic carbocycles. The number of halogens is 1. The second-order valence-corrected chi connectivity index (χ2v) is 7.74. The van der Waals surface area contributed by atoms with Crippen LogP contribution >= 0.6 is 15.9 Å². The van der Waals surface area contributed by atoms with Crippen LogP contribution in [-0.4, -0.2) is 33.7 Å². The quantitative estimate of drug-likeness (QED) is 0.628. The van der Waals surface area contributed by atoms with Gasteiger partial charge in [0.2, 0.25) is 0 Å². The Balaban J connectivity index is 1.50. The van der Waals surface area contributed by atoms with Gasteiger partial charge in [-0.2, -0.15) is 0 Å². The lowest BCUT2D eigenvalue weighted by Gasteiger charge is -2.28. The lowest BCUT2D eigenvalue weighted by molar-refractivity contribution is 0.0483. The zero-order chi connectivity index (χ0) is 18.8. The molecule has 2 heterocycles. The van der Waals surface area contributed by atoms with Gasteiger partial charge >= 0.3 is 6.09 Å². The Bertz CT molecular complexity index is 941. The molecule has 5 nitrogen and oxygen atoms in total. The minimum absolute atomic E-state index is 0.235. The molecular formula is C21H21BrN2O3. The molecule has 1 aliphatic heterocycles. The Morgan fingerprint density at radius 3 is 2.93 bits per heavy atom. The summed E-state index contributed by atoms with van der Waals surface area (Å²) in [7, 11) is 0. The largest absolute Gasteiger partial charge is 0.445 e. The van der Waals surface area contributed by atoms with E-state index in [1.807, 2.05) is 54.7 Å². The second kappa shape index (κ2) is 7.74. The lowest BCUT2D eigenvalue weighted by Crippen LogP contribution is -2.39. The number of carbonyl (C=O) groups is 1. The van der Waals surface area contributed by atoms with E-state index < -0.39 is 6.10 Å². The number of fused-ring (bicyclic) bond motifs is 1. The first-order chi connectivity index (χ1) is 13.1. The van der Waals surface area contributed by atoms with Gasteiger partial charge in [0.1, 0.15) is 12.7 Å². The molecule has 0 unspecified atom stereocenters. The maximum absolute atomic E-state index is 12.6. The summed E-state index contributed by atoms with van der Waals surface area (Å²) in [5.74, 6) is 0. The van der Waals surface area contributed by atoms with E-state index in [0.29, 0.717) is 6.54 Å². The second-order valence-electron chi connectivity index (χ2n) is 6.82. The number of carbonyl (C=O) groups excluding carboxylic acids is 1. The standard InChI is InChI=1S/C21H21BrN2O3/c22-15-8-9-18-16(11-15)17(12-23-18)20(25)19-7-4-10-24(19)21(26)27-13-14-5-2-1-3-6-14/h1-3,5-6,8-9,11-12,19-20,23,25H,4,7,10,13H2/t19-,20-/m0/s1. The SMILES string of the molecule is O=C(OCc1ccccc1)N1CCC[C@H]1[C@@H](O)c1c[nH]c2ccc(Br)cc12. The van der Waals surface area contributed by atoms with Crippen molar-refractivity contribution in [1.82, 2.24) is 9.88 Å². The van der Waals surface area contributed by atoms with E-state index in [-0.39, 0.29) is 18.7 Å². The van der Waals surface area contributed by atoms with Crippen LogP contribution in [0.25, 0.3) is 10.9 Å². The number of rotatable bonds is 4. The Labute approximate surface area is 166 Å². The van der Waals surface area contributed by atoms with Gasteiger partial charge in [-0.1, -0.05) is 46.3 Å². The fourth-order valence-corrected chi connectivity index (χ4v) is 4.08. The first-order valence-electron chi connectivity index (χ1n) is 9.05. The molecule has 0 aliphatic carbocycles. The van der Waals surface area contributed by atoms with E-state index >= 15 is 0 Å². The highest BCUT2D eigenvalue weighted by Gasteiger charge is 2.36. The van der Waals surface area contributed by atoms with Crippen LogP contribution in [0.1, 0.15) is 30.1 Å². The third-order valence-electron chi connectivity index (χ3n) is 5.10. The molecule has 27 heavy (non-hydrogen) atoms. The van der Waals surface area contributed by atoms with E-state index in [4.69, 9.17) is 4.74 Å². The van der Waals surface area contributed by atoms with Gasteiger partial charge < -0.3 is 19.7 Å². The van der Waals surface area contributed by atoms with Crippen molar-refractivity contribution in [2.45, 2.75) is 31.6 Å². The highest BCUT2D eigenvalue weighted by atomic mass is 79.9. The molecule has 140 valence electrons. The van der Waals surface area contributed by atoms with Crippen LogP contribution in [0.4, 0.5) is 4.79 Å². The number of hydrogen-bond acceptors (Lipinski definition) is 3. The fraction of sp³-hybridized carbons (Fsp3) is 0.286. The molecule has 2 atom stereocenters. The number of aromatic nitrogens is 1. The van der Waals surface area contributed by atoms with E-state index in [0.717, 1.165) is 39.3 Å². The van der Waals surface area contributed by atoms with Gasteiger partial charge in [-0.15, -0.1) is 0 Å². The average molecular weight is 429 g/mol. The Hall–Kier alpha value is -2.31. The molecular weight excluding hydrogens is 408 g/mol. The third kappa shape index (κ3) is 3.73. The monoisotopic (exact) mass is 428 g/mol. The summed E-state index contributed by atoms with van der Waals surface area (Å²) in [6.45, 7) is 0.834. The summed E-state index contributed by atoms with van der Waals surface area (Å²) in [6, 6.07) is 15.2. The van der Waals surface area contributed by atoms with Gasteiger partial charge in [-0.05, 0) is 36.6 Å². The number of aromatic amines is 1. The van der Waals surface area contributed by atoms with E-state index in [9.17, 15) is 9.90 Å². The number of H-pyrrole nitrogens is 1. The highest BCUT2D eigenvalue weighted by Crippen LogP contribution is 2.34. The van der Waals surface area contributed by atoms with Crippen molar-refractivity contribution in [3.8, 4) is 0 Å². The molecule has 0 saturated carbocycles.